The average molecular weight is 314 g/mol. The smallest absolute Gasteiger partial charge is 0.123 e. The van der Waals surface area contributed by atoms with E-state index in [9.17, 15) is 8.78 Å². The lowest BCUT2D eigenvalue weighted by Crippen LogP contribution is -2.30. The van der Waals surface area contributed by atoms with Crippen LogP contribution in [0.4, 0.5) is 8.78 Å². The molecule has 0 N–H and O–H groups in total. The minimum Gasteiger partial charge on any atom is -0.207 e. The zero-order valence-corrected chi connectivity index (χ0v) is 13.9. The molecule has 2 aromatic carbocycles. The van der Waals surface area contributed by atoms with Crippen molar-refractivity contribution in [3.8, 4) is 0 Å². The van der Waals surface area contributed by atoms with E-state index in [2.05, 4.69) is 13.8 Å². The molecule has 2 aliphatic rings. The van der Waals surface area contributed by atoms with Gasteiger partial charge in [-0.3, -0.25) is 0 Å². The van der Waals surface area contributed by atoms with Gasteiger partial charge in [0.1, 0.15) is 11.6 Å². The van der Waals surface area contributed by atoms with Gasteiger partial charge in [0.2, 0.25) is 0 Å². The number of benzene rings is 2. The van der Waals surface area contributed by atoms with Crippen molar-refractivity contribution in [2.75, 3.05) is 0 Å². The molecule has 0 aliphatic heterocycles. The van der Waals surface area contributed by atoms with Gasteiger partial charge in [-0.15, -0.1) is 0 Å². The maximum Gasteiger partial charge on any atom is 0.123 e. The van der Waals surface area contributed by atoms with Crippen molar-refractivity contribution in [3.63, 3.8) is 0 Å². The van der Waals surface area contributed by atoms with Crippen molar-refractivity contribution < 1.29 is 8.78 Å². The summed E-state index contributed by atoms with van der Waals surface area (Å²) in [4.78, 5) is 0. The Morgan fingerprint density at radius 3 is 1.78 bits per heavy atom. The first-order chi connectivity index (χ1) is 10.9. The summed E-state index contributed by atoms with van der Waals surface area (Å²) < 4.78 is 25.3. The molecule has 0 bridgehead atoms. The van der Waals surface area contributed by atoms with E-state index in [4.69, 9.17) is 0 Å². The summed E-state index contributed by atoms with van der Waals surface area (Å²) in [6, 6.07) is 13.9. The van der Waals surface area contributed by atoms with Gasteiger partial charge in [-0.05, 0) is 71.9 Å². The van der Waals surface area contributed by atoms with Crippen molar-refractivity contribution in [2.24, 2.45) is 0 Å². The van der Waals surface area contributed by atoms with E-state index in [1.54, 1.807) is 24.3 Å². The molecule has 0 saturated heterocycles. The van der Waals surface area contributed by atoms with Gasteiger partial charge in [0, 0.05) is 0 Å². The molecule has 23 heavy (non-hydrogen) atoms. The van der Waals surface area contributed by atoms with Crippen molar-refractivity contribution in [1.29, 1.82) is 0 Å². The number of rotatable bonds is 2. The molecule has 2 fully saturated rings. The lowest BCUT2D eigenvalue weighted by atomic mass is 9.66. The summed E-state index contributed by atoms with van der Waals surface area (Å²) in [6.45, 7) is 4.44. The SMILES string of the molecule is CC1(c2ccc(F)cc2)CCC1.CC1(c2cccc(F)c2)CC1. The summed E-state index contributed by atoms with van der Waals surface area (Å²) >= 11 is 0. The Balaban J connectivity index is 0.000000136. The highest BCUT2D eigenvalue weighted by Crippen LogP contribution is 2.47. The molecule has 4 rings (SSSR count). The van der Waals surface area contributed by atoms with E-state index in [0.29, 0.717) is 10.8 Å². The third-order valence-corrected chi connectivity index (χ3v) is 5.52. The number of halogens is 2. The third kappa shape index (κ3) is 3.63. The molecular formula is C21H24F2. The van der Waals surface area contributed by atoms with Gasteiger partial charge in [0.25, 0.3) is 0 Å². The van der Waals surface area contributed by atoms with Gasteiger partial charge in [0.05, 0.1) is 0 Å². The predicted molar refractivity (Wildman–Crippen MR) is 90.6 cm³/mol. The van der Waals surface area contributed by atoms with Gasteiger partial charge < -0.3 is 0 Å². The van der Waals surface area contributed by atoms with Gasteiger partial charge in [-0.2, -0.15) is 0 Å². The Morgan fingerprint density at radius 2 is 1.30 bits per heavy atom. The van der Waals surface area contributed by atoms with Crippen LogP contribution in [0.3, 0.4) is 0 Å². The molecule has 2 aromatic rings. The molecule has 2 saturated carbocycles. The molecule has 0 nitrogen and oxygen atoms in total. The molecule has 0 amide bonds. The second kappa shape index (κ2) is 6.07. The van der Waals surface area contributed by atoms with Crippen LogP contribution in [-0.2, 0) is 10.8 Å². The van der Waals surface area contributed by atoms with Crippen molar-refractivity contribution >= 4 is 0 Å². The fraction of sp³-hybridized carbons (Fsp3) is 0.429. The largest absolute Gasteiger partial charge is 0.207 e. The van der Waals surface area contributed by atoms with Crippen LogP contribution in [0.25, 0.3) is 0 Å². The van der Waals surface area contributed by atoms with E-state index in [1.165, 1.54) is 43.7 Å². The fourth-order valence-corrected chi connectivity index (χ4v) is 3.19. The fourth-order valence-electron chi connectivity index (χ4n) is 3.19. The number of hydrogen-bond acceptors (Lipinski definition) is 0. The Labute approximate surface area is 137 Å². The van der Waals surface area contributed by atoms with E-state index < -0.39 is 0 Å². The highest BCUT2D eigenvalue weighted by molar-refractivity contribution is 5.30. The van der Waals surface area contributed by atoms with Crippen molar-refractivity contribution in [1.82, 2.24) is 0 Å². The lowest BCUT2D eigenvalue weighted by Gasteiger charge is -2.38. The molecular weight excluding hydrogens is 290 g/mol. The molecule has 2 heteroatoms. The zero-order valence-electron chi connectivity index (χ0n) is 13.9. The molecule has 0 heterocycles. The predicted octanol–water partition coefficient (Wildman–Crippen LogP) is 6.14. The third-order valence-electron chi connectivity index (χ3n) is 5.52. The molecule has 0 unspecified atom stereocenters. The molecule has 0 spiro atoms. The summed E-state index contributed by atoms with van der Waals surface area (Å²) in [5, 5.41) is 0. The average Bonchev–Trinajstić information content (AvgIpc) is 3.26. The summed E-state index contributed by atoms with van der Waals surface area (Å²) in [6.07, 6.45) is 6.22. The highest BCUT2D eigenvalue weighted by Gasteiger charge is 2.38. The topological polar surface area (TPSA) is 0 Å². The molecule has 0 radical (unpaired) electrons. The van der Waals surface area contributed by atoms with Crippen molar-refractivity contribution in [2.45, 2.75) is 56.8 Å². The molecule has 2 aliphatic carbocycles. The van der Waals surface area contributed by atoms with Crippen LogP contribution in [0.2, 0.25) is 0 Å². The molecule has 122 valence electrons. The van der Waals surface area contributed by atoms with Gasteiger partial charge >= 0.3 is 0 Å². The Morgan fingerprint density at radius 1 is 0.696 bits per heavy atom. The van der Waals surface area contributed by atoms with E-state index in [1.807, 2.05) is 18.2 Å². The minimum absolute atomic E-state index is 0.115. The Hall–Kier alpha value is -1.70. The first-order valence-corrected chi connectivity index (χ1v) is 8.43. The Kier molecular flexibility index (Phi) is 4.27. The first kappa shape index (κ1) is 16.2. The van der Waals surface area contributed by atoms with Crippen LogP contribution in [0, 0.1) is 11.6 Å². The van der Waals surface area contributed by atoms with E-state index in [-0.39, 0.29) is 11.6 Å². The summed E-state index contributed by atoms with van der Waals surface area (Å²) in [7, 11) is 0. The van der Waals surface area contributed by atoms with Crippen LogP contribution in [0.15, 0.2) is 48.5 Å². The second-order valence-electron chi connectivity index (χ2n) is 7.49. The lowest BCUT2D eigenvalue weighted by molar-refractivity contribution is 0.272. The normalized spacial score (nSPS) is 20.0. The maximum absolute atomic E-state index is 12.7. The van der Waals surface area contributed by atoms with Gasteiger partial charge in [0.15, 0.2) is 0 Å². The molecule has 0 aromatic heterocycles. The Bertz CT molecular complexity index is 664. The first-order valence-electron chi connectivity index (χ1n) is 8.43. The van der Waals surface area contributed by atoms with Gasteiger partial charge in [-0.1, -0.05) is 44.5 Å². The van der Waals surface area contributed by atoms with Crippen LogP contribution >= 0.6 is 0 Å². The van der Waals surface area contributed by atoms with Crippen LogP contribution in [0.5, 0.6) is 0 Å². The quantitative estimate of drug-likeness (QED) is 0.624. The summed E-state index contributed by atoms with van der Waals surface area (Å²) in [5.41, 5.74) is 3.07. The zero-order chi connectivity index (χ0) is 16.5. The van der Waals surface area contributed by atoms with E-state index in [0.717, 1.165) is 5.56 Å². The minimum atomic E-state index is -0.137. The monoisotopic (exact) mass is 314 g/mol. The van der Waals surface area contributed by atoms with Crippen LogP contribution in [-0.4, -0.2) is 0 Å². The summed E-state index contributed by atoms with van der Waals surface area (Å²) in [5.74, 6) is -0.253. The highest BCUT2D eigenvalue weighted by atomic mass is 19.1. The van der Waals surface area contributed by atoms with E-state index >= 15 is 0 Å². The van der Waals surface area contributed by atoms with Gasteiger partial charge in [-0.25, -0.2) is 8.78 Å². The maximum atomic E-state index is 12.7. The van der Waals surface area contributed by atoms with Crippen LogP contribution < -0.4 is 0 Å². The second-order valence-corrected chi connectivity index (χ2v) is 7.49. The number of hydrogen-bond donors (Lipinski definition) is 0. The van der Waals surface area contributed by atoms with Crippen LogP contribution in [0.1, 0.15) is 57.1 Å². The standard InChI is InChI=1S/C11H13F.C10H11F/c1-11(7-2-8-11)9-3-5-10(12)6-4-9;1-10(5-6-10)8-3-2-4-9(11)7-8/h3-6H,2,7-8H2,1H3;2-4,7H,5-6H2,1H3. The van der Waals surface area contributed by atoms with Crippen molar-refractivity contribution in [3.05, 3.63) is 71.3 Å². The molecule has 0 atom stereocenters.